The number of rotatable bonds is 3. The summed E-state index contributed by atoms with van der Waals surface area (Å²) >= 11 is 0. The minimum atomic E-state index is -0.419. The molecule has 0 amide bonds. The highest BCUT2D eigenvalue weighted by molar-refractivity contribution is 4.71. The van der Waals surface area contributed by atoms with Gasteiger partial charge in [-0.1, -0.05) is 20.8 Å². The minimum absolute atomic E-state index is 0.0278. The van der Waals surface area contributed by atoms with Crippen LogP contribution in [0.5, 0.6) is 0 Å². The lowest BCUT2D eigenvalue weighted by atomic mass is 9.91. The van der Waals surface area contributed by atoms with Gasteiger partial charge in [0.1, 0.15) is 0 Å². The van der Waals surface area contributed by atoms with Gasteiger partial charge in [0.05, 0.1) is 12.2 Å². The summed E-state index contributed by atoms with van der Waals surface area (Å²) in [5, 5.41) is 18.5. The van der Waals surface area contributed by atoms with Crippen molar-refractivity contribution in [2.75, 3.05) is 0 Å². The fraction of sp³-hybridized carbons (Fsp3) is 1.00. The maximum atomic E-state index is 9.41. The summed E-state index contributed by atoms with van der Waals surface area (Å²) in [7, 11) is 0. The Morgan fingerprint density at radius 3 is 1.40 bits per heavy atom. The van der Waals surface area contributed by atoms with Crippen LogP contribution in [0.3, 0.4) is 0 Å². The third-order valence-electron chi connectivity index (χ3n) is 1.98. The van der Waals surface area contributed by atoms with Gasteiger partial charge in [-0.05, 0) is 12.8 Å². The van der Waals surface area contributed by atoms with Crippen LogP contribution in [-0.2, 0) is 0 Å². The second kappa shape index (κ2) is 3.94. The Kier molecular flexibility index (Phi) is 3.91. The van der Waals surface area contributed by atoms with Crippen molar-refractivity contribution in [3.8, 4) is 0 Å². The highest BCUT2D eigenvalue weighted by atomic mass is 16.3. The molecular formula is C8H18O2. The minimum Gasteiger partial charge on any atom is -0.393 e. The molecule has 2 nitrogen and oxygen atoms in total. The van der Waals surface area contributed by atoms with E-state index >= 15 is 0 Å². The molecule has 0 aliphatic heterocycles. The highest BCUT2D eigenvalue weighted by Crippen LogP contribution is 2.15. The van der Waals surface area contributed by atoms with Crippen LogP contribution < -0.4 is 0 Å². The molecule has 0 radical (unpaired) electrons. The van der Waals surface area contributed by atoms with Crippen LogP contribution in [0.4, 0.5) is 0 Å². The van der Waals surface area contributed by atoms with Crippen molar-refractivity contribution in [2.45, 2.75) is 39.9 Å². The topological polar surface area (TPSA) is 40.5 Å². The maximum absolute atomic E-state index is 9.41. The van der Waals surface area contributed by atoms with Gasteiger partial charge in [0.2, 0.25) is 0 Å². The molecule has 0 aromatic carbocycles. The standard InChI is InChI=1S/C8H18O2/c1-5(2)8(10)6(3)7(4)9/h5-10H,1-4H3. The quantitative estimate of drug-likeness (QED) is 0.624. The Morgan fingerprint density at radius 1 is 0.900 bits per heavy atom. The molecule has 0 heterocycles. The third kappa shape index (κ3) is 2.67. The molecule has 0 aliphatic carbocycles. The maximum Gasteiger partial charge on any atom is 0.0613 e. The van der Waals surface area contributed by atoms with Gasteiger partial charge in [0, 0.05) is 5.92 Å². The predicted octanol–water partition coefficient (Wildman–Crippen LogP) is 1.02. The second-order valence-electron chi connectivity index (χ2n) is 3.33. The molecule has 3 atom stereocenters. The number of hydrogen-bond donors (Lipinski definition) is 2. The molecule has 3 unspecified atom stereocenters. The number of aliphatic hydroxyl groups excluding tert-OH is 2. The van der Waals surface area contributed by atoms with E-state index in [0.717, 1.165) is 0 Å². The number of aliphatic hydroxyl groups is 2. The van der Waals surface area contributed by atoms with E-state index in [9.17, 15) is 5.11 Å². The molecule has 0 aromatic rings. The monoisotopic (exact) mass is 146 g/mol. The first-order chi connectivity index (χ1) is 4.46. The van der Waals surface area contributed by atoms with E-state index in [-0.39, 0.29) is 17.9 Å². The lowest BCUT2D eigenvalue weighted by molar-refractivity contribution is 0.00599. The summed E-state index contributed by atoms with van der Waals surface area (Å²) in [6.07, 6.45) is -0.808. The SMILES string of the molecule is CC(C)C(O)C(C)C(C)O. The van der Waals surface area contributed by atoms with Gasteiger partial charge in [-0.2, -0.15) is 0 Å². The molecule has 2 N–H and O–H groups in total. The first-order valence-electron chi connectivity index (χ1n) is 3.83. The van der Waals surface area contributed by atoms with Crippen LogP contribution in [0.2, 0.25) is 0 Å². The molecule has 0 fully saturated rings. The van der Waals surface area contributed by atoms with Crippen LogP contribution in [0.25, 0.3) is 0 Å². The molecule has 0 spiro atoms. The molecule has 2 heteroatoms. The van der Waals surface area contributed by atoms with Crippen LogP contribution in [0, 0.1) is 11.8 Å². The smallest absolute Gasteiger partial charge is 0.0613 e. The Bertz CT molecular complexity index is 77.3. The first kappa shape index (κ1) is 9.92. The Labute approximate surface area is 62.9 Å². The molecule has 0 saturated carbocycles. The fourth-order valence-electron chi connectivity index (χ4n) is 0.892. The molecule has 10 heavy (non-hydrogen) atoms. The van der Waals surface area contributed by atoms with Crippen molar-refractivity contribution in [2.24, 2.45) is 11.8 Å². The average Bonchev–Trinajstić information content (AvgIpc) is 1.84. The van der Waals surface area contributed by atoms with Crippen molar-refractivity contribution in [3.63, 3.8) is 0 Å². The van der Waals surface area contributed by atoms with Gasteiger partial charge >= 0.3 is 0 Å². The van der Waals surface area contributed by atoms with E-state index in [1.54, 1.807) is 6.92 Å². The zero-order valence-electron chi connectivity index (χ0n) is 7.20. The van der Waals surface area contributed by atoms with Crippen LogP contribution in [0.1, 0.15) is 27.7 Å². The molecule has 62 valence electrons. The zero-order valence-corrected chi connectivity index (χ0v) is 7.20. The Morgan fingerprint density at radius 2 is 1.30 bits per heavy atom. The van der Waals surface area contributed by atoms with E-state index < -0.39 is 6.10 Å². The van der Waals surface area contributed by atoms with Crippen molar-refractivity contribution in [1.29, 1.82) is 0 Å². The summed E-state index contributed by atoms with van der Waals surface area (Å²) in [5.41, 5.74) is 0. The largest absolute Gasteiger partial charge is 0.393 e. The summed E-state index contributed by atoms with van der Waals surface area (Å²) < 4.78 is 0. The Hall–Kier alpha value is -0.0800. The van der Waals surface area contributed by atoms with Crippen molar-refractivity contribution in [3.05, 3.63) is 0 Å². The van der Waals surface area contributed by atoms with Gasteiger partial charge in [-0.25, -0.2) is 0 Å². The molecule has 0 aromatic heterocycles. The van der Waals surface area contributed by atoms with E-state index in [4.69, 9.17) is 5.11 Å². The van der Waals surface area contributed by atoms with Crippen molar-refractivity contribution in [1.82, 2.24) is 0 Å². The normalized spacial score (nSPS) is 20.7. The van der Waals surface area contributed by atoms with Crippen LogP contribution >= 0.6 is 0 Å². The molecule has 0 saturated heterocycles. The van der Waals surface area contributed by atoms with Gasteiger partial charge in [-0.3, -0.25) is 0 Å². The van der Waals surface area contributed by atoms with E-state index in [0.29, 0.717) is 0 Å². The van der Waals surface area contributed by atoms with Crippen LogP contribution in [-0.4, -0.2) is 22.4 Å². The molecule has 0 rings (SSSR count). The molecular weight excluding hydrogens is 128 g/mol. The third-order valence-corrected chi connectivity index (χ3v) is 1.98. The van der Waals surface area contributed by atoms with Gasteiger partial charge < -0.3 is 10.2 Å². The molecule has 0 bridgehead atoms. The second-order valence-corrected chi connectivity index (χ2v) is 3.33. The number of hydrogen-bond acceptors (Lipinski definition) is 2. The predicted molar refractivity (Wildman–Crippen MR) is 41.7 cm³/mol. The highest BCUT2D eigenvalue weighted by Gasteiger charge is 2.21. The summed E-state index contributed by atoms with van der Waals surface area (Å²) in [4.78, 5) is 0. The summed E-state index contributed by atoms with van der Waals surface area (Å²) in [5.74, 6) is 0.199. The van der Waals surface area contributed by atoms with Crippen molar-refractivity contribution < 1.29 is 10.2 Å². The van der Waals surface area contributed by atoms with Gasteiger partial charge in [-0.15, -0.1) is 0 Å². The zero-order chi connectivity index (χ0) is 8.31. The average molecular weight is 146 g/mol. The van der Waals surface area contributed by atoms with Gasteiger partial charge in [0.15, 0.2) is 0 Å². The van der Waals surface area contributed by atoms with E-state index in [2.05, 4.69) is 0 Å². The Balaban J connectivity index is 3.81. The van der Waals surface area contributed by atoms with Gasteiger partial charge in [0.25, 0.3) is 0 Å². The van der Waals surface area contributed by atoms with Crippen LogP contribution in [0.15, 0.2) is 0 Å². The van der Waals surface area contributed by atoms with E-state index in [1.165, 1.54) is 0 Å². The summed E-state index contributed by atoms with van der Waals surface area (Å²) in [6, 6.07) is 0. The van der Waals surface area contributed by atoms with E-state index in [1.807, 2.05) is 20.8 Å². The van der Waals surface area contributed by atoms with Crippen molar-refractivity contribution >= 4 is 0 Å². The summed E-state index contributed by atoms with van der Waals surface area (Å²) in [6.45, 7) is 7.46. The lowest BCUT2D eigenvalue weighted by Crippen LogP contribution is -2.31. The lowest BCUT2D eigenvalue weighted by Gasteiger charge is -2.24. The first-order valence-corrected chi connectivity index (χ1v) is 3.83. The fourth-order valence-corrected chi connectivity index (χ4v) is 0.892. The molecule has 0 aliphatic rings.